The lowest BCUT2D eigenvalue weighted by Gasteiger charge is -2.30. The van der Waals surface area contributed by atoms with Crippen LogP contribution in [0.5, 0.6) is 5.75 Å². The molecule has 1 saturated carbocycles. The predicted octanol–water partition coefficient (Wildman–Crippen LogP) is 2.06. The van der Waals surface area contributed by atoms with Crippen LogP contribution in [-0.2, 0) is 0 Å². The first-order valence-corrected chi connectivity index (χ1v) is 6.13. The molecule has 2 rings (SSSR count). The van der Waals surface area contributed by atoms with Crippen molar-refractivity contribution >= 4 is 11.6 Å². The molecule has 0 saturated heterocycles. The summed E-state index contributed by atoms with van der Waals surface area (Å²) in [6, 6.07) is 0.451. The van der Waals surface area contributed by atoms with Crippen LogP contribution in [-0.4, -0.2) is 23.1 Å². The van der Waals surface area contributed by atoms with Crippen LogP contribution < -0.4 is 15.8 Å². The number of methoxy groups -OCH3 is 1. The quantitative estimate of drug-likeness (QED) is 0.840. The molecule has 1 heterocycles. The minimum atomic E-state index is 0.383. The zero-order valence-corrected chi connectivity index (χ0v) is 10.4. The van der Waals surface area contributed by atoms with Gasteiger partial charge in [-0.25, -0.2) is 9.97 Å². The third kappa shape index (κ3) is 2.60. The molecule has 5 heteroatoms. The number of hydrogen-bond acceptors (Lipinski definition) is 5. The zero-order chi connectivity index (χ0) is 12.3. The number of rotatable bonds is 3. The molecule has 1 aliphatic carbocycles. The number of ether oxygens (including phenoxy) is 1. The van der Waals surface area contributed by atoms with Crippen LogP contribution in [0.1, 0.15) is 32.6 Å². The number of hydrogen-bond donors (Lipinski definition) is 2. The van der Waals surface area contributed by atoms with E-state index in [4.69, 9.17) is 10.5 Å². The molecule has 0 aliphatic heterocycles. The summed E-state index contributed by atoms with van der Waals surface area (Å²) >= 11 is 0. The van der Waals surface area contributed by atoms with Crippen LogP contribution in [0.3, 0.4) is 0 Å². The van der Waals surface area contributed by atoms with Gasteiger partial charge in [0.1, 0.15) is 6.33 Å². The Bertz CT molecular complexity index is 383. The van der Waals surface area contributed by atoms with Crippen LogP contribution in [0.4, 0.5) is 11.6 Å². The Morgan fingerprint density at radius 1 is 1.35 bits per heavy atom. The second-order valence-corrected chi connectivity index (χ2v) is 4.65. The third-order valence-corrected chi connectivity index (χ3v) is 3.47. The number of nitrogens with two attached hydrogens (primary N) is 1. The maximum Gasteiger partial charge on any atom is 0.203 e. The van der Waals surface area contributed by atoms with Crippen LogP contribution in [0, 0.1) is 5.92 Å². The lowest BCUT2D eigenvalue weighted by molar-refractivity contribution is 0.346. The first-order chi connectivity index (χ1) is 8.22. The van der Waals surface area contributed by atoms with Crippen LogP contribution in [0.15, 0.2) is 6.33 Å². The van der Waals surface area contributed by atoms with E-state index in [-0.39, 0.29) is 0 Å². The molecule has 94 valence electrons. The molecule has 1 aromatic heterocycles. The molecule has 2 unspecified atom stereocenters. The number of nitrogens with zero attached hydrogens (tertiary/aromatic N) is 2. The Morgan fingerprint density at radius 3 is 2.82 bits per heavy atom. The highest BCUT2D eigenvalue weighted by atomic mass is 16.5. The Hall–Kier alpha value is -1.52. The van der Waals surface area contributed by atoms with Gasteiger partial charge in [0.25, 0.3) is 0 Å². The van der Waals surface area contributed by atoms with E-state index in [1.54, 1.807) is 7.11 Å². The van der Waals surface area contributed by atoms with Gasteiger partial charge in [-0.05, 0) is 18.8 Å². The predicted molar refractivity (Wildman–Crippen MR) is 68.0 cm³/mol. The van der Waals surface area contributed by atoms with Crippen LogP contribution in [0.25, 0.3) is 0 Å². The van der Waals surface area contributed by atoms with Gasteiger partial charge in [0.15, 0.2) is 11.6 Å². The summed E-state index contributed by atoms with van der Waals surface area (Å²) in [6.45, 7) is 2.27. The average Bonchev–Trinajstić information content (AvgIpc) is 2.32. The molecular weight excluding hydrogens is 216 g/mol. The van der Waals surface area contributed by atoms with Gasteiger partial charge < -0.3 is 15.8 Å². The lowest BCUT2D eigenvalue weighted by Crippen LogP contribution is -2.31. The average molecular weight is 236 g/mol. The fourth-order valence-corrected chi connectivity index (χ4v) is 2.40. The summed E-state index contributed by atoms with van der Waals surface area (Å²) in [4.78, 5) is 8.14. The molecule has 0 bridgehead atoms. The topological polar surface area (TPSA) is 73.1 Å². The van der Waals surface area contributed by atoms with Crippen molar-refractivity contribution in [3.63, 3.8) is 0 Å². The van der Waals surface area contributed by atoms with Crippen molar-refractivity contribution in [1.82, 2.24) is 9.97 Å². The second-order valence-electron chi connectivity index (χ2n) is 4.65. The molecule has 5 nitrogen and oxygen atoms in total. The highest BCUT2D eigenvalue weighted by molar-refractivity contribution is 5.61. The van der Waals surface area contributed by atoms with E-state index >= 15 is 0 Å². The third-order valence-electron chi connectivity index (χ3n) is 3.47. The molecule has 0 radical (unpaired) electrons. The fourth-order valence-electron chi connectivity index (χ4n) is 2.40. The molecule has 0 amide bonds. The van der Waals surface area contributed by atoms with Gasteiger partial charge in [-0.15, -0.1) is 0 Å². The van der Waals surface area contributed by atoms with Crippen LogP contribution in [0.2, 0.25) is 0 Å². The molecule has 1 fully saturated rings. The summed E-state index contributed by atoms with van der Waals surface area (Å²) in [7, 11) is 1.59. The Labute approximate surface area is 102 Å². The molecule has 1 aromatic rings. The Balaban J connectivity index is 2.14. The van der Waals surface area contributed by atoms with Gasteiger partial charge in [0.05, 0.1) is 7.11 Å². The summed E-state index contributed by atoms with van der Waals surface area (Å²) in [5, 5.41) is 3.43. The van der Waals surface area contributed by atoms with Gasteiger partial charge in [-0.1, -0.05) is 19.8 Å². The van der Waals surface area contributed by atoms with Crippen molar-refractivity contribution in [3.8, 4) is 5.75 Å². The molecule has 0 aromatic carbocycles. The highest BCUT2D eigenvalue weighted by Crippen LogP contribution is 2.31. The van der Waals surface area contributed by atoms with Gasteiger partial charge in [-0.2, -0.15) is 0 Å². The van der Waals surface area contributed by atoms with E-state index < -0.39 is 0 Å². The summed E-state index contributed by atoms with van der Waals surface area (Å²) in [5.41, 5.74) is 5.76. The molecule has 3 N–H and O–H groups in total. The molecule has 17 heavy (non-hydrogen) atoms. The minimum Gasteiger partial charge on any atom is -0.490 e. The fraction of sp³-hybridized carbons (Fsp3) is 0.667. The molecule has 1 aliphatic rings. The van der Waals surface area contributed by atoms with E-state index in [0.717, 1.165) is 0 Å². The number of aromatic nitrogens is 2. The van der Waals surface area contributed by atoms with Crippen molar-refractivity contribution in [3.05, 3.63) is 6.33 Å². The summed E-state index contributed by atoms with van der Waals surface area (Å²) in [5.74, 6) is 2.29. The van der Waals surface area contributed by atoms with Crippen molar-refractivity contribution in [2.75, 3.05) is 18.2 Å². The highest BCUT2D eigenvalue weighted by Gasteiger charge is 2.23. The summed E-state index contributed by atoms with van der Waals surface area (Å²) < 4.78 is 5.24. The first kappa shape index (κ1) is 12.0. The van der Waals surface area contributed by atoms with Gasteiger partial charge in [0.2, 0.25) is 5.75 Å². The van der Waals surface area contributed by atoms with Gasteiger partial charge >= 0.3 is 0 Å². The van der Waals surface area contributed by atoms with Gasteiger partial charge in [-0.3, -0.25) is 0 Å². The molecule has 2 atom stereocenters. The molecular formula is C12H20N4O. The van der Waals surface area contributed by atoms with Crippen molar-refractivity contribution in [2.24, 2.45) is 5.92 Å². The minimum absolute atomic E-state index is 0.383. The first-order valence-electron chi connectivity index (χ1n) is 6.13. The lowest BCUT2D eigenvalue weighted by atomic mass is 9.86. The standard InChI is InChI=1S/C12H20N4O/c1-8-5-3-4-6-9(8)16-12-10(17-2)11(13)14-7-15-12/h7-9H,3-6H2,1-2H3,(H3,13,14,15,16). The maximum absolute atomic E-state index is 5.76. The second kappa shape index (κ2) is 5.21. The molecule has 0 spiro atoms. The Kier molecular flexibility index (Phi) is 3.66. The van der Waals surface area contributed by atoms with E-state index in [1.807, 2.05) is 0 Å². The van der Waals surface area contributed by atoms with E-state index in [2.05, 4.69) is 22.2 Å². The van der Waals surface area contributed by atoms with E-state index in [9.17, 15) is 0 Å². The van der Waals surface area contributed by atoms with Crippen molar-refractivity contribution in [1.29, 1.82) is 0 Å². The monoisotopic (exact) mass is 236 g/mol. The maximum atomic E-state index is 5.76. The SMILES string of the molecule is COc1c(N)ncnc1NC1CCCCC1C. The van der Waals surface area contributed by atoms with Crippen molar-refractivity contribution < 1.29 is 4.74 Å². The zero-order valence-electron chi connectivity index (χ0n) is 10.4. The summed E-state index contributed by atoms with van der Waals surface area (Å²) in [6.07, 6.45) is 6.50. The van der Waals surface area contributed by atoms with Crippen molar-refractivity contribution in [2.45, 2.75) is 38.6 Å². The number of nitrogens with one attached hydrogen (secondary N) is 1. The Morgan fingerprint density at radius 2 is 2.12 bits per heavy atom. The number of nitrogen functional groups attached to an aromatic ring is 1. The smallest absolute Gasteiger partial charge is 0.203 e. The number of anilines is 2. The largest absolute Gasteiger partial charge is 0.490 e. The van der Waals surface area contributed by atoms with Crippen LogP contribution >= 0.6 is 0 Å². The normalized spacial score (nSPS) is 24.4. The van der Waals surface area contributed by atoms with Gasteiger partial charge in [0, 0.05) is 6.04 Å². The van der Waals surface area contributed by atoms with E-state index in [0.29, 0.717) is 29.3 Å². The van der Waals surface area contributed by atoms with E-state index in [1.165, 1.54) is 32.0 Å².